The van der Waals surface area contributed by atoms with E-state index in [4.69, 9.17) is 5.73 Å². The van der Waals surface area contributed by atoms with E-state index in [1.54, 1.807) is 4.90 Å². The molecule has 0 saturated carbocycles. The number of amides is 2. The van der Waals surface area contributed by atoms with Gasteiger partial charge in [0.1, 0.15) is 5.92 Å². The lowest BCUT2D eigenvalue weighted by Gasteiger charge is -2.15. The third-order valence-corrected chi connectivity index (χ3v) is 2.62. The first-order valence-corrected chi connectivity index (χ1v) is 4.86. The minimum Gasteiger partial charge on any atom is -0.369 e. The second-order valence-corrected chi connectivity index (χ2v) is 3.57. The maximum atomic E-state index is 11.8. The molecule has 80 valence electrons. The standard InChI is InChI=1S/C11H12N2O2.H2/c12-10(14)9-6-7-13(11(9)15)8-4-2-1-3-5-8;/h1-5,9H,6-7H2,(H2,12,14);1H. The molecule has 1 atom stereocenters. The SMILES string of the molecule is NC(=O)C1CCN(c2ccccc2)C1=O.[HH]. The Morgan fingerprint density at radius 2 is 2.07 bits per heavy atom. The number of hydrogen-bond donors (Lipinski definition) is 1. The minimum atomic E-state index is -0.648. The number of nitrogens with two attached hydrogens (primary N) is 1. The van der Waals surface area contributed by atoms with E-state index in [0.717, 1.165) is 5.69 Å². The molecule has 1 aromatic rings. The van der Waals surface area contributed by atoms with Crippen molar-refractivity contribution in [1.29, 1.82) is 0 Å². The number of para-hydroxylation sites is 1. The summed E-state index contributed by atoms with van der Waals surface area (Å²) in [5, 5.41) is 0. The van der Waals surface area contributed by atoms with Gasteiger partial charge < -0.3 is 10.6 Å². The molecule has 0 aromatic heterocycles. The summed E-state index contributed by atoms with van der Waals surface area (Å²) in [5.74, 6) is -1.36. The van der Waals surface area contributed by atoms with Crippen LogP contribution in [-0.4, -0.2) is 18.4 Å². The maximum absolute atomic E-state index is 11.8. The van der Waals surface area contributed by atoms with E-state index in [-0.39, 0.29) is 7.33 Å². The minimum absolute atomic E-state index is 0. The lowest BCUT2D eigenvalue weighted by Crippen LogP contribution is -2.33. The Morgan fingerprint density at radius 3 is 2.60 bits per heavy atom. The van der Waals surface area contributed by atoms with Crippen LogP contribution in [0.15, 0.2) is 30.3 Å². The molecule has 2 N–H and O–H groups in total. The molecule has 4 heteroatoms. The van der Waals surface area contributed by atoms with Gasteiger partial charge in [0, 0.05) is 13.7 Å². The molecule has 0 spiro atoms. The van der Waals surface area contributed by atoms with E-state index in [1.807, 2.05) is 30.3 Å². The molecule has 4 nitrogen and oxygen atoms in total. The summed E-state index contributed by atoms with van der Waals surface area (Å²) in [5.41, 5.74) is 5.97. The summed E-state index contributed by atoms with van der Waals surface area (Å²) < 4.78 is 0. The molecule has 1 aliphatic rings. The van der Waals surface area contributed by atoms with Crippen LogP contribution in [0, 0.1) is 5.92 Å². The largest absolute Gasteiger partial charge is 0.369 e. The van der Waals surface area contributed by atoms with Crippen molar-refractivity contribution in [3.8, 4) is 0 Å². The van der Waals surface area contributed by atoms with Gasteiger partial charge in [0.15, 0.2) is 0 Å². The van der Waals surface area contributed by atoms with Crippen molar-refractivity contribution in [1.82, 2.24) is 0 Å². The van der Waals surface area contributed by atoms with Gasteiger partial charge in [0.05, 0.1) is 0 Å². The molecule has 2 rings (SSSR count). The van der Waals surface area contributed by atoms with Gasteiger partial charge in [-0.1, -0.05) is 18.2 Å². The van der Waals surface area contributed by atoms with Crippen LogP contribution >= 0.6 is 0 Å². The number of primary amides is 1. The molecule has 15 heavy (non-hydrogen) atoms. The Hall–Kier alpha value is -1.84. The second kappa shape index (κ2) is 3.73. The fraction of sp³-hybridized carbons (Fsp3) is 0.273. The molecule has 0 aliphatic carbocycles. The first-order valence-electron chi connectivity index (χ1n) is 4.86. The molecular weight excluding hydrogens is 192 g/mol. The van der Waals surface area contributed by atoms with Crippen LogP contribution in [0.2, 0.25) is 0 Å². The predicted molar refractivity (Wildman–Crippen MR) is 58.2 cm³/mol. The van der Waals surface area contributed by atoms with Gasteiger partial charge in [0.25, 0.3) is 0 Å². The zero-order valence-electron chi connectivity index (χ0n) is 8.22. The maximum Gasteiger partial charge on any atom is 0.239 e. The van der Waals surface area contributed by atoms with Crippen LogP contribution in [0.3, 0.4) is 0 Å². The average molecular weight is 206 g/mol. The third-order valence-electron chi connectivity index (χ3n) is 2.62. The highest BCUT2D eigenvalue weighted by Gasteiger charge is 2.36. The third kappa shape index (κ3) is 1.70. The average Bonchev–Trinajstić information content (AvgIpc) is 2.61. The van der Waals surface area contributed by atoms with Gasteiger partial charge >= 0.3 is 0 Å². The summed E-state index contributed by atoms with van der Waals surface area (Å²) in [7, 11) is 0. The molecule has 1 aromatic carbocycles. The molecule has 1 unspecified atom stereocenters. The van der Waals surface area contributed by atoms with Crippen molar-refractivity contribution < 1.29 is 11.0 Å². The molecule has 1 fully saturated rings. The summed E-state index contributed by atoms with van der Waals surface area (Å²) in [6.45, 7) is 0.566. The smallest absolute Gasteiger partial charge is 0.239 e. The highest BCUT2D eigenvalue weighted by molar-refractivity contribution is 6.09. The van der Waals surface area contributed by atoms with Crippen molar-refractivity contribution in [2.24, 2.45) is 11.7 Å². The number of carbonyl (C=O) groups is 2. The van der Waals surface area contributed by atoms with Gasteiger partial charge in [-0.05, 0) is 18.6 Å². The van der Waals surface area contributed by atoms with Gasteiger partial charge in [-0.2, -0.15) is 0 Å². The number of benzene rings is 1. The number of nitrogens with zero attached hydrogens (tertiary/aromatic N) is 1. The van der Waals surface area contributed by atoms with Gasteiger partial charge in [-0.15, -0.1) is 0 Å². The van der Waals surface area contributed by atoms with Gasteiger partial charge in [-0.3, -0.25) is 9.59 Å². The van der Waals surface area contributed by atoms with Crippen LogP contribution in [0.1, 0.15) is 7.85 Å². The van der Waals surface area contributed by atoms with E-state index >= 15 is 0 Å². The summed E-state index contributed by atoms with van der Waals surface area (Å²) in [6.07, 6.45) is 0.517. The molecule has 1 saturated heterocycles. The zero-order chi connectivity index (χ0) is 10.8. The van der Waals surface area contributed by atoms with Gasteiger partial charge in [-0.25, -0.2) is 0 Å². The van der Waals surface area contributed by atoms with Crippen molar-refractivity contribution in [3.05, 3.63) is 30.3 Å². The van der Waals surface area contributed by atoms with Crippen molar-refractivity contribution in [2.45, 2.75) is 6.42 Å². The fourth-order valence-corrected chi connectivity index (χ4v) is 1.81. The number of anilines is 1. The van der Waals surface area contributed by atoms with E-state index in [9.17, 15) is 9.59 Å². The molecule has 0 radical (unpaired) electrons. The fourth-order valence-electron chi connectivity index (χ4n) is 1.81. The molecule has 0 bridgehead atoms. The van der Waals surface area contributed by atoms with E-state index in [2.05, 4.69) is 0 Å². The van der Waals surface area contributed by atoms with Crippen molar-refractivity contribution in [2.75, 3.05) is 11.4 Å². The monoisotopic (exact) mass is 206 g/mol. The first-order chi connectivity index (χ1) is 7.20. The number of hydrogen-bond acceptors (Lipinski definition) is 2. The Balaban J connectivity index is 0.00000128. The normalized spacial score (nSPS) is 20.7. The Morgan fingerprint density at radius 1 is 1.40 bits per heavy atom. The molecule has 2 amide bonds. The van der Waals surface area contributed by atoms with E-state index in [0.29, 0.717) is 13.0 Å². The number of carbonyl (C=O) groups excluding carboxylic acids is 2. The van der Waals surface area contributed by atoms with Crippen molar-refractivity contribution >= 4 is 17.5 Å². The number of rotatable bonds is 2. The molecule has 1 aliphatic heterocycles. The Kier molecular flexibility index (Phi) is 2.41. The molecular formula is C11H14N2O2. The zero-order valence-corrected chi connectivity index (χ0v) is 8.22. The molecule has 1 heterocycles. The second-order valence-electron chi connectivity index (χ2n) is 3.57. The van der Waals surface area contributed by atoms with Gasteiger partial charge in [0.2, 0.25) is 11.8 Å². The summed E-state index contributed by atoms with van der Waals surface area (Å²) in [4.78, 5) is 24.3. The topological polar surface area (TPSA) is 63.4 Å². The summed E-state index contributed by atoms with van der Waals surface area (Å²) in [6, 6.07) is 9.30. The van der Waals surface area contributed by atoms with E-state index in [1.165, 1.54) is 0 Å². The predicted octanol–water partition coefficient (Wildman–Crippen LogP) is 0.771. The quantitative estimate of drug-likeness (QED) is 0.726. The van der Waals surface area contributed by atoms with Crippen LogP contribution in [0.5, 0.6) is 0 Å². The van der Waals surface area contributed by atoms with Crippen LogP contribution in [0.4, 0.5) is 5.69 Å². The highest BCUT2D eigenvalue weighted by Crippen LogP contribution is 2.24. The Bertz CT molecular complexity index is 394. The Labute approximate surface area is 89.2 Å². The van der Waals surface area contributed by atoms with E-state index < -0.39 is 11.8 Å². The van der Waals surface area contributed by atoms with Crippen LogP contribution < -0.4 is 10.6 Å². The highest BCUT2D eigenvalue weighted by atomic mass is 16.2. The summed E-state index contributed by atoms with van der Waals surface area (Å²) >= 11 is 0. The van der Waals surface area contributed by atoms with Crippen LogP contribution in [-0.2, 0) is 9.59 Å². The first kappa shape index (κ1) is 9.71. The lowest BCUT2D eigenvalue weighted by molar-refractivity contribution is -0.130. The lowest BCUT2D eigenvalue weighted by atomic mass is 10.1. The van der Waals surface area contributed by atoms with Crippen molar-refractivity contribution in [3.63, 3.8) is 0 Å². The van der Waals surface area contributed by atoms with Crippen LogP contribution in [0.25, 0.3) is 0 Å².